The average molecular weight is 379 g/mol. The van der Waals surface area contributed by atoms with E-state index in [2.05, 4.69) is 41.0 Å². The number of benzene rings is 2. The maximum atomic E-state index is 11.9. The molecule has 1 heterocycles. The van der Waals surface area contributed by atoms with Gasteiger partial charge in [-0.05, 0) is 79.4 Å². The Kier molecular flexibility index (Phi) is 6.08. The van der Waals surface area contributed by atoms with E-state index >= 15 is 0 Å². The van der Waals surface area contributed by atoms with Gasteiger partial charge >= 0.3 is 0 Å². The second-order valence-corrected chi connectivity index (χ2v) is 7.92. The number of hydrogen-bond donors (Lipinski definition) is 2. The normalized spacial score (nSPS) is 18.5. The molecule has 28 heavy (non-hydrogen) atoms. The van der Waals surface area contributed by atoms with E-state index in [1.807, 2.05) is 6.07 Å². The Bertz CT molecular complexity index is 846. The summed E-state index contributed by atoms with van der Waals surface area (Å²) in [6.45, 7) is 3.26. The fourth-order valence-electron chi connectivity index (χ4n) is 4.67. The van der Waals surface area contributed by atoms with Crippen molar-refractivity contribution in [1.29, 1.82) is 0 Å². The first-order valence-corrected chi connectivity index (χ1v) is 10.5. The van der Waals surface area contributed by atoms with Crippen LogP contribution >= 0.6 is 0 Å². The maximum absolute atomic E-state index is 11.9. The van der Waals surface area contributed by atoms with Crippen LogP contribution in [0.3, 0.4) is 0 Å². The molecule has 1 aliphatic carbocycles. The van der Waals surface area contributed by atoms with Gasteiger partial charge in [0, 0.05) is 12.1 Å². The van der Waals surface area contributed by atoms with Crippen molar-refractivity contribution < 1.29 is 9.53 Å². The van der Waals surface area contributed by atoms with Crippen molar-refractivity contribution in [2.45, 2.75) is 44.6 Å². The Morgan fingerprint density at radius 2 is 2.11 bits per heavy atom. The number of fused-ring (bicyclic) bond motifs is 2. The molecule has 2 aliphatic rings. The van der Waals surface area contributed by atoms with Crippen molar-refractivity contribution in [3.8, 4) is 5.75 Å². The Morgan fingerprint density at radius 1 is 1.18 bits per heavy atom. The lowest BCUT2D eigenvalue weighted by molar-refractivity contribution is 0.0982. The van der Waals surface area contributed by atoms with Gasteiger partial charge in [0.25, 0.3) is 0 Å². The van der Waals surface area contributed by atoms with E-state index in [4.69, 9.17) is 4.74 Å². The van der Waals surface area contributed by atoms with Crippen LogP contribution in [-0.4, -0.2) is 32.5 Å². The maximum Gasteiger partial charge on any atom is 0.176 e. The van der Waals surface area contributed by atoms with Crippen molar-refractivity contribution in [3.63, 3.8) is 0 Å². The minimum Gasteiger partial charge on any atom is -0.496 e. The van der Waals surface area contributed by atoms with Gasteiger partial charge in [0.2, 0.25) is 0 Å². The third-order valence-electron chi connectivity index (χ3n) is 6.14. The zero-order valence-electron chi connectivity index (χ0n) is 16.7. The minimum absolute atomic E-state index is 0.204. The van der Waals surface area contributed by atoms with Crippen molar-refractivity contribution in [2.24, 2.45) is 0 Å². The third kappa shape index (κ3) is 4.13. The second kappa shape index (κ2) is 8.89. The number of rotatable bonds is 7. The lowest BCUT2D eigenvalue weighted by Crippen LogP contribution is -2.29. The molecule has 148 valence electrons. The number of ether oxygens (including phenoxy) is 1. The first-order chi connectivity index (χ1) is 13.8. The van der Waals surface area contributed by atoms with Gasteiger partial charge in [-0.15, -0.1) is 0 Å². The van der Waals surface area contributed by atoms with Gasteiger partial charge in [0.15, 0.2) is 5.78 Å². The van der Waals surface area contributed by atoms with Gasteiger partial charge in [0.1, 0.15) is 5.75 Å². The van der Waals surface area contributed by atoms with Gasteiger partial charge in [-0.3, -0.25) is 4.79 Å². The molecular weight excluding hydrogens is 348 g/mol. The molecule has 0 fully saturated rings. The zero-order chi connectivity index (χ0) is 19.3. The molecule has 4 nitrogen and oxygen atoms in total. The third-order valence-corrected chi connectivity index (χ3v) is 6.14. The number of carbonyl (C=O) groups is 1. The van der Waals surface area contributed by atoms with Crippen molar-refractivity contribution in [3.05, 3.63) is 64.2 Å². The molecular formula is C24H30N2O2. The predicted octanol–water partition coefficient (Wildman–Crippen LogP) is 3.62. The van der Waals surface area contributed by atoms with Gasteiger partial charge in [-0.25, -0.2) is 0 Å². The Balaban J connectivity index is 1.27. The summed E-state index contributed by atoms with van der Waals surface area (Å²) in [7, 11) is 1.77. The monoisotopic (exact) mass is 378 g/mol. The predicted molar refractivity (Wildman–Crippen MR) is 112 cm³/mol. The molecule has 0 aromatic heterocycles. The first kappa shape index (κ1) is 19.2. The van der Waals surface area contributed by atoms with Crippen LogP contribution in [0.4, 0.5) is 0 Å². The van der Waals surface area contributed by atoms with E-state index in [9.17, 15) is 4.79 Å². The highest BCUT2D eigenvalue weighted by Gasteiger charge is 2.22. The molecule has 0 radical (unpaired) electrons. The van der Waals surface area contributed by atoms with Crippen LogP contribution in [0.1, 0.15) is 57.8 Å². The second-order valence-electron chi connectivity index (χ2n) is 7.92. The van der Waals surface area contributed by atoms with Gasteiger partial charge in [-0.1, -0.05) is 30.3 Å². The fraction of sp³-hybridized carbons (Fsp3) is 0.458. The molecule has 0 amide bonds. The van der Waals surface area contributed by atoms with Crippen LogP contribution < -0.4 is 15.4 Å². The Hall–Kier alpha value is -2.17. The number of nitrogens with one attached hydrogen (secondary N) is 2. The largest absolute Gasteiger partial charge is 0.496 e. The standard InChI is InChI=1S/C24H30N2O2/c1-28-24-7-3-5-20-18(4-2-6-22(20)24)11-13-25-12-10-17-8-9-21-19(14-17)15-26-16-23(21)27/h3,5,7-9,14,18,25-26H,2,4,6,10-13,15-16H2,1H3. The van der Waals surface area contributed by atoms with Crippen LogP contribution in [0, 0.1) is 0 Å². The number of ketones is 1. The van der Waals surface area contributed by atoms with Crippen LogP contribution in [0.15, 0.2) is 36.4 Å². The molecule has 1 aliphatic heterocycles. The summed E-state index contributed by atoms with van der Waals surface area (Å²) in [5.74, 6) is 1.89. The number of Topliss-reactive ketones (excluding diaryl/α,β-unsaturated/α-hetero) is 1. The zero-order valence-corrected chi connectivity index (χ0v) is 16.7. The van der Waals surface area contributed by atoms with Crippen LogP contribution in [0.25, 0.3) is 0 Å². The molecule has 4 heteroatoms. The number of hydrogen-bond acceptors (Lipinski definition) is 4. The molecule has 1 unspecified atom stereocenters. The molecule has 2 aromatic carbocycles. The summed E-state index contributed by atoms with van der Waals surface area (Å²) in [6.07, 6.45) is 5.83. The number of methoxy groups -OCH3 is 1. The summed E-state index contributed by atoms with van der Waals surface area (Å²) in [4.78, 5) is 11.9. The molecule has 2 aromatic rings. The van der Waals surface area contributed by atoms with Crippen molar-refractivity contribution >= 4 is 5.78 Å². The summed E-state index contributed by atoms with van der Waals surface area (Å²) < 4.78 is 5.56. The molecule has 0 saturated carbocycles. The SMILES string of the molecule is COc1cccc2c1CCCC2CCNCCc1ccc2c(c1)CNCC2=O. The van der Waals surface area contributed by atoms with Gasteiger partial charge in [0.05, 0.1) is 13.7 Å². The summed E-state index contributed by atoms with van der Waals surface area (Å²) in [6, 6.07) is 12.8. The van der Waals surface area contributed by atoms with Crippen molar-refractivity contribution in [2.75, 3.05) is 26.7 Å². The lowest BCUT2D eigenvalue weighted by atomic mass is 9.80. The topological polar surface area (TPSA) is 50.4 Å². The van der Waals surface area contributed by atoms with E-state index in [1.165, 1.54) is 36.0 Å². The fourth-order valence-corrected chi connectivity index (χ4v) is 4.67. The van der Waals surface area contributed by atoms with Crippen LogP contribution in [0.2, 0.25) is 0 Å². The van der Waals surface area contributed by atoms with Gasteiger partial charge < -0.3 is 15.4 Å². The van der Waals surface area contributed by atoms with Crippen LogP contribution in [0.5, 0.6) is 5.75 Å². The van der Waals surface area contributed by atoms with Crippen LogP contribution in [-0.2, 0) is 19.4 Å². The van der Waals surface area contributed by atoms with E-state index in [0.29, 0.717) is 12.5 Å². The quantitative estimate of drug-likeness (QED) is 0.723. The molecule has 4 rings (SSSR count). The van der Waals surface area contributed by atoms with Gasteiger partial charge in [-0.2, -0.15) is 0 Å². The molecule has 0 spiro atoms. The number of carbonyl (C=O) groups excluding carboxylic acids is 1. The Labute approximate surface area is 167 Å². The first-order valence-electron chi connectivity index (χ1n) is 10.5. The minimum atomic E-state index is 0.204. The van der Waals surface area contributed by atoms with E-state index in [-0.39, 0.29) is 5.78 Å². The van der Waals surface area contributed by atoms with E-state index in [1.54, 1.807) is 7.11 Å². The Morgan fingerprint density at radius 3 is 3.00 bits per heavy atom. The molecule has 0 saturated heterocycles. The summed E-state index contributed by atoms with van der Waals surface area (Å²) in [5.41, 5.74) is 6.23. The summed E-state index contributed by atoms with van der Waals surface area (Å²) >= 11 is 0. The molecule has 1 atom stereocenters. The molecule has 2 N–H and O–H groups in total. The average Bonchev–Trinajstić information content (AvgIpc) is 2.73. The van der Waals surface area contributed by atoms with Crippen molar-refractivity contribution in [1.82, 2.24) is 10.6 Å². The highest BCUT2D eigenvalue weighted by Crippen LogP contribution is 2.38. The van der Waals surface area contributed by atoms with E-state index < -0.39 is 0 Å². The molecule has 0 bridgehead atoms. The van der Waals surface area contributed by atoms with E-state index in [0.717, 1.165) is 49.4 Å². The highest BCUT2D eigenvalue weighted by molar-refractivity contribution is 5.99. The summed E-state index contributed by atoms with van der Waals surface area (Å²) in [5, 5.41) is 6.79. The smallest absolute Gasteiger partial charge is 0.176 e. The highest BCUT2D eigenvalue weighted by atomic mass is 16.5. The lowest BCUT2D eigenvalue weighted by Gasteiger charge is -2.27.